The molecule has 2 spiro atoms. The molecule has 0 amide bonds. The fraction of sp³-hybridized carbons (Fsp3) is 0.973. The molecule has 11 atom stereocenters. The molecule has 5 saturated carbocycles. The van der Waals surface area contributed by atoms with Crippen LogP contribution in [0, 0.1) is 45.3 Å². The first-order valence-corrected chi connectivity index (χ1v) is 18.3. The Bertz CT molecular complexity index is 1080. The molecule has 0 bridgehead atoms. The summed E-state index contributed by atoms with van der Waals surface area (Å²) in [4.78, 5) is 13.3. The van der Waals surface area contributed by atoms with Crippen LogP contribution in [0.25, 0.3) is 0 Å². The first kappa shape index (κ1) is 34.1. The summed E-state index contributed by atoms with van der Waals surface area (Å²) < 4.78 is 19.8. The van der Waals surface area contributed by atoms with Gasteiger partial charge in [0.15, 0.2) is 6.29 Å². The van der Waals surface area contributed by atoms with E-state index in [0.717, 1.165) is 57.8 Å². The molecule has 0 aromatic heterocycles. The predicted molar refractivity (Wildman–Crippen MR) is 173 cm³/mol. The lowest BCUT2D eigenvalue weighted by Gasteiger charge is -2.60. The summed E-state index contributed by atoms with van der Waals surface area (Å²) in [6.45, 7) is 14.5. The van der Waals surface area contributed by atoms with Gasteiger partial charge in [-0.25, -0.2) is 0 Å². The number of rotatable bonds is 8. The zero-order valence-electron chi connectivity index (χ0n) is 29.1. The molecule has 0 aromatic carbocycles. The van der Waals surface area contributed by atoms with Gasteiger partial charge in [0.25, 0.3) is 0 Å². The second kappa shape index (κ2) is 12.3. The van der Waals surface area contributed by atoms with E-state index >= 15 is 0 Å². The summed E-state index contributed by atoms with van der Waals surface area (Å²) in [5.41, 5.74) is 0.913. The number of morpholine rings is 1. The number of fused-ring (bicyclic) bond motifs is 4. The third kappa shape index (κ3) is 5.83. The number of aliphatic hydroxyl groups excluding tert-OH is 1. The second-order valence-corrected chi connectivity index (χ2v) is 17.7. The summed E-state index contributed by atoms with van der Waals surface area (Å²) in [6.07, 6.45) is 15.2. The van der Waals surface area contributed by atoms with Crippen LogP contribution in [0.4, 0.5) is 0 Å². The van der Waals surface area contributed by atoms with Crippen molar-refractivity contribution in [2.45, 2.75) is 148 Å². The summed E-state index contributed by atoms with van der Waals surface area (Å²) in [7, 11) is 1.00. The lowest BCUT2D eigenvalue weighted by molar-refractivity contribution is -0.245. The Morgan fingerprint density at radius 3 is 2.47 bits per heavy atom. The van der Waals surface area contributed by atoms with Crippen LogP contribution in [0.3, 0.4) is 0 Å². The van der Waals surface area contributed by atoms with Crippen molar-refractivity contribution in [1.29, 1.82) is 0 Å². The number of hydrogen-bond acceptors (Lipinski definition) is 7. The minimum absolute atomic E-state index is 0.125. The van der Waals surface area contributed by atoms with Gasteiger partial charge in [-0.1, -0.05) is 20.8 Å². The van der Waals surface area contributed by atoms with E-state index in [4.69, 9.17) is 24.4 Å². The lowest BCUT2D eigenvalue weighted by atomic mass is 9.46. The smallest absolute Gasteiger partial charge is 0.303 e. The number of ether oxygens (including phenoxy) is 3. The number of aliphatic carboxylic acids is 1. The molecule has 7 aliphatic rings. The zero-order valence-corrected chi connectivity index (χ0v) is 29.1. The summed E-state index contributed by atoms with van der Waals surface area (Å²) in [5.74, 6) is 2.33. The molecule has 0 aromatic rings. The van der Waals surface area contributed by atoms with Crippen molar-refractivity contribution in [3.8, 4) is 0 Å². The molecule has 3 N–H and O–H groups in total. The highest BCUT2D eigenvalue weighted by Crippen LogP contribution is 2.87. The molecule has 2 aliphatic heterocycles. The summed E-state index contributed by atoms with van der Waals surface area (Å²) in [6, 6.07) is 0. The highest BCUT2D eigenvalue weighted by Gasteiger charge is 2.80. The normalized spacial score (nSPS) is 46.8. The third-order valence-electron chi connectivity index (χ3n) is 14.6. The lowest BCUT2D eigenvalue weighted by Crippen LogP contribution is -2.56. The van der Waals surface area contributed by atoms with Crippen LogP contribution >= 0.6 is 0 Å². The van der Waals surface area contributed by atoms with E-state index in [1.165, 1.54) is 51.4 Å². The monoisotopic (exact) mass is 633 g/mol. The average Bonchev–Trinajstić information content (AvgIpc) is 3.55. The first-order valence-electron chi connectivity index (χ1n) is 18.3. The molecule has 5 aliphatic carbocycles. The van der Waals surface area contributed by atoms with Crippen molar-refractivity contribution in [3.63, 3.8) is 0 Å². The Labute approximate surface area is 271 Å². The van der Waals surface area contributed by atoms with E-state index in [1.807, 2.05) is 13.8 Å². The van der Waals surface area contributed by atoms with Crippen LogP contribution in [-0.2, 0) is 19.0 Å². The largest absolute Gasteiger partial charge is 0.481 e. The van der Waals surface area contributed by atoms with E-state index in [2.05, 4.69) is 25.7 Å². The van der Waals surface area contributed by atoms with Crippen molar-refractivity contribution in [2.24, 2.45) is 45.3 Å². The van der Waals surface area contributed by atoms with Crippen molar-refractivity contribution >= 4 is 5.97 Å². The SMILES string of the molecule is CC(C)(O)CC1CC[C@H]2C(CC3C4CCC5C(C)(C)C(OC6CN(CCCC(=O)O)CCO6)CCC56CC46CCC32C)O1.CO. The van der Waals surface area contributed by atoms with Crippen molar-refractivity contribution < 1.29 is 34.3 Å². The fourth-order valence-electron chi connectivity index (χ4n) is 12.8. The maximum Gasteiger partial charge on any atom is 0.303 e. The molecule has 45 heavy (non-hydrogen) atoms. The Balaban J connectivity index is 0.00000175. The molecular formula is C37H63NO7. The quantitative estimate of drug-likeness (QED) is 0.305. The van der Waals surface area contributed by atoms with Gasteiger partial charge in [0.2, 0.25) is 0 Å². The predicted octanol–water partition coefficient (Wildman–Crippen LogP) is 5.87. The molecule has 2 saturated heterocycles. The molecule has 0 radical (unpaired) electrons. The average molecular weight is 634 g/mol. The van der Waals surface area contributed by atoms with Gasteiger partial charge in [-0.05, 0) is 136 Å². The highest BCUT2D eigenvalue weighted by molar-refractivity contribution is 5.66. The second-order valence-electron chi connectivity index (χ2n) is 17.7. The zero-order chi connectivity index (χ0) is 32.4. The number of carboxylic acids is 1. The van der Waals surface area contributed by atoms with E-state index in [9.17, 15) is 9.90 Å². The minimum Gasteiger partial charge on any atom is -0.481 e. The summed E-state index contributed by atoms with van der Waals surface area (Å²) in [5, 5.41) is 26.5. The van der Waals surface area contributed by atoms with Gasteiger partial charge in [0.1, 0.15) is 0 Å². The molecule has 8 nitrogen and oxygen atoms in total. The molecule has 7 rings (SSSR count). The Morgan fingerprint density at radius 2 is 1.73 bits per heavy atom. The van der Waals surface area contributed by atoms with Gasteiger partial charge in [-0.15, -0.1) is 0 Å². The third-order valence-corrected chi connectivity index (χ3v) is 14.6. The molecule has 10 unspecified atom stereocenters. The van der Waals surface area contributed by atoms with Gasteiger partial charge in [-0.2, -0.15) is 0 Å². The van der Waals surface area contributed by atoms with Gasteiger partial charge in [0.05, 0.1) is 30.5 Å². The van der Waals surface area contributed by atoms with Crippen molar-refractivity contribution in [1.82, 2.24) is 4.90 Å². The number of carboxylic acid groups (broad SMARTS) is 1. The molecule has 8 heteroatoms. The Kier molecular flexibility index (Phi) is 9.31. The standard InChI is InChI=1S/C36H59NO6.CH4O/c1-32(2,40)20-23-8-9-25-27(42-23)19-26-24-10-11-28-33(3,4)29(12-13-36(28)22-35(24,36)15-14-34(25,26)5)43-31-21-37(17-18-41-31)16-6-7-30(38)39;1-2/h23-29,31,40H,6-22H2,1-5H3,(H,38,39);2H,1H3/t23?,24?,25-,26?,27?,28?,29?,31?,34?,35?,36?;/m0./s1. The van der Waals surface area contributed by atoms with E-state index in [1.54, 1.807) is 0 Å². The van der Waals surface area contributed by atoms with Crippen LogP contribution in [0.1, 0.15) is 118 Å². The van der Waals surface area contributed by atoms with Crippen LogP contribution in [0.15, 0.2) is 0 Å². The molecular weight excluding hydrogens is 570 g/mol. The van der Waals surface area contributed by atoms with Crippen LogP contribution < -0.4 is 0 Å². The number of nitrogens with zero attached hydrogens (tertiary/aromatic N) is 1. The number of hydrogen-bond donors (Lipinski definition) is 3. The highest BCUT2D eigenvalue weighted by atomic mass is 16.7. The van der Waals surface area contributed by atoms with Crippen LogP contribution in [0.2, 0.25) is 0 Å². The maximum absolute atomic E-state index is 11.0. The maximum atomic E-state index is 11.0. The van der Waals surface area contributed by atoms with Crippen molar-refractivity contribution in [2.75, 3.05) is 33.4 Å². The fourth-order valence-corrected chi connectivity index (χ4v) is 12.8. The topological polar surface area (TPSA) is 109 Å². The summed E-state index contributed by atoms with van der Waals surface area (Å²) >= 11 is 0. The molecule has 2 heterocycles. The molecule has 7 fully saturated rings. The van der Waals surface area contributed by atoms with Crippen molar-refractivity contribution in [3.05, 3.63) is 0 Å². The Hall–Kier alpha value is -0.770. The van der Waals surface area contributed by atoms with Gasteiger partial charge in [0, 0.05) is 33.0 Å². The van der Waals surface area contributed by atoms with Gasteiger partial charge in [-0.3, -0.25) is 9.69 Å². The van der Waals surface area contributed by atoms with E-state index in [0.29, 0.717) is 47.2 Å². The Morgan fingerprint density at radius 1 is 0.978 bits per heavy atom. The van der Waals surface area contributed by atoms with Gasteiger partial charge >= 0.3 is 5.97 Å². The van der Waals surface area contributed by atoms with Crippen LogP contribution in [-0.4, -0.2) is 89.7 Å². The number of carbonyl (C=O) groups is 1. The number of aliphatic hydroxyl groups is 2. The van der Waals surface area contributed by atoms with Gasteiger partial charge < -0.3 is 29.5 Å². The van der Waals surface area contributed by atoms with Crippen LogP contribution in [0.5, 0.6) is 0 Å². The molecule has 258 valence electrons. The van der Waals surface area contributed by atoms with E-state index < -0.39 is 11.6 Å². The van der Waals surface area contributed by atoms with E-state index in [-0.39, 0.29) is 30.3 Å². The first-order chi connectivity index (χ1) is 21.3. The minimum atomic E-state index is -0.718.